The third kappa shape index (κ3) is 1.74. The van der Waals surface area contributed by atoms with Crippen LogP contribution in [-0.4, -0.2) is 17.6 Å². The smallest absolute Gasteiger partial charge is 0.267 e. The van der Waals surface area contributed by atoms with E-state index < -0.39 is 15.6 Å². The molecule has 0 atom stereocenters. The largest absolute Gasteiger partial charge is 0.286 e. The van der Waals surface area contributed by atoms with Gasteiger partial charge in [0.25, 0.3) is 15.6 Å². The van der Waals surface area contributed by atoms with Crippen LogP contribution in [0.25, 0.3) is 0 Å². The van der Waals surface area contributed by atoms with Crippen molar-refractivity contribution in [1.29, 1.82) is 0 Å². The van der Waals surface area contributed by atoms with Gasteiger partial charge >= 0.3 is 0 Å². The maximum Gasteiger partial charge on any atom is 0.286 e. The monoisotopic (exact) mass is 236 g/mol. The molecule has 0 bridgehead atoms. The van der Waals surface area contributed by atoms with Gasteiger partial charge in [0.2, 0.25) is 0 Å². The lowest BCUT2D eigenvalue weighted by Crippen LogP contribution is -2.28. The Morgan fingerprint density at radius 1 is 1.00 bits per heavy atom. The third-order valence-corrected chi connectivity index (χ3v) is 3.55. The molecule has 1 heterocycles. The minimum absolute atomic E-state index is 0.0378. The van der Waals surface area contributed by atoms with E-state index in [9.17, 15) is 13.2 Å². The molecule has 0 unspecified atom stereocenters. The number of benzene rings is 1. The Balaban J connectivity index is 2.66. The first-order chi connectivity index (χ1) is 7.62. The summed E-state index contributed by atoms with van der Waals surface area (Å²) in [6.45, 7) is 0. The van der Waals surface area contributed by atoms with E-state index in [0.29, 0.717) is 4.09 Å². The minimum Gasteiger partial charge on any atom is -0.267 e. The molecule has 0 radical (unpaired) electrons. The molecule has 0 saturated heterocycles. The van der Waals surface area contributed by atoms with Crippen molar-refractivity contribution in [3.05, 3.63) is 59.0 Å². The Morgan fingerprint density at radius 2 is 1.69 bits per heavy atom. The van der Waals surface area contributed by atoms with Crippen LogP contribution in [0.15, 0.2) is 58.4 Å². The van der Waals surface area contributed by atoms with Crippen molar-refractivity contribution in [3.8, 4) is 0 Å². The summed E-state index contributed by atoms with van der Waals surface area (Å²) in [5.41, 5.74) is -0.675. The van der Waals surface area contributed by atoms with Crippen LogP contribution in [-0.2, 0) is 10.0 Å². The van der Waals surface area contributed by atoms with Crippen LogP contribution in [0, 0.1) is 0 Å². The Hall–Kier alpha value is -1.95. The Bertz CT molecular complexity index is 647. The van der Waals surface area contributed by atoms with Gasteiger partial charge in [0.15, 0.2) is 0 Å². The van der Waals surface area contributed by atoms with Crippen molar-refractivity contribution < 1.29 is 8.42 Å². The van der Waals surface area contributed by atoms with E-state index in [0.717, 1.165) is 6.07 Å². The fraction of sp³-hybridized carbons (Fsp3) is 0. The van der Waals surface area contributed by atoms with Crippen molar-refractivity contribution in [2.75, 3.05) is 0 Å². The summed E-state index contributed by atoms with van der Waals surface area (Å²) >= 11 is 0. The third-order valence-electron chi connectivity index (χ3n) is 1.95. The second kappa shape index (κ2) is 3.90. The lowest BCUT2D eigenvalue weighted by atomic mass is 10.4. The van der Waals surface area contributed by atoms with Crippen LogP contribution in [0.4, 0.5) is 0 Å². The topological polar surface area (TPSA) is 69.0 Å². The summed E-state index contributed by atoms with van der Waals surface area (Å²) in [5, 5.41) is 3.54. The van der Waals surface area contributed by atoms with Gasteiger partial charge in [0, 0.05) is 12.3 Å². The fourth-order valence-electron chi connectivity index (χ4n) is 1.22. The summed E-state index contributed by atoms with van der Waals surface area (Å²) in [4.78, 5) is 11.4. The molecule has 0 fully saturated rings. The molecule has 1 aromatic heterocycles. The van der Waals surface area contributed by atoms with E-state index in [1.165, 1.54) is 24.4 Å². The first-order valence-electron chi connectivity index (χ1n) is 4.47. The number of aromatic nitrogens is 2. The summed E-state index contributed by atoms with van der Waals surface area (Å²) in [5.74, 6) is 0. The zero-order valence-electron chi connectivity index (χ0n) is 8.15. The van der Waals surface area contributed by atoms with Gasteiger partial charge in [-0.3, -0.25) is 4.79 Å². The lowest BCUT2D eigenvalue weighted by Gasteiger charge is -2.04. The van der Waals surface area contributed by atoms with E-state index in [1.54, 1.807) is 18.2 Å². The molecule has 0 saturated carbocycles. The molecule has 0 aliphatic heterocycles. The molecule has 1 aromatic carbocycles. The quantitative estimate of drug-likeness (QED) is 0.760. The van der Waals surface area contributed by atoms with Crippen LogP contribution in [0.2, 0.25) is 0 Å². The maximum atomic E-state index is 12.0. The molecule has 16 heavy (non-hydrogen) atoms. The molecular formula is C10H8N2O3S. The van der Waals surface area contributed by atoms with Gasteiger partial charge in [-0.25, -0.2) is 0 Å². The van der Waals surface area contributed by atoms with Crippen LogP contribution in [0.3, 0.4) is 0 Å². The van der Waals surface area contributed by atoms with Gasteiger partial charge in [-0.15, -0.1) is 4.09 Å². The average molecular weight is 236 g/mol. The summed E-state index contributed by atoms with van der Waals surface area (Å²) < 4.78 is 24.4. The first kappa shape index (κ1) is 10.6. The van der Waals surface area contributed by atoms with Gasteiger partial charge in [-0.1, -0.05) is 18.2 Å². The fourth-order valence-corrected chi connectivity index (χ4v) is 2.39. The highest BCUT2D eigenvalue weighted by molar-refractivity contribution is 7.89. The number of nitrogens with zero attached hydrogens (tertiary/aromatic N) is 2. The van der Waals surface area contributed by atoms with Crippen molar-refractivity contribution in [3.63, 3.8) is 0 Å². The lowest BCUT2D eigenvalue weighted by molar-refractivity contribution is 0.575. The van der Waals surface area contributed by atoms with E-state index in [1.807, 2.05) is 0 Å². The average Bonchev–Trinajstić information content (AvgIpc) is 2.30. The normalized spacial score (nSPS) is 11.2. The zero-order valence-corrected chi connectivity index (χ0v) is 8.96. The Morgan fingerprint density at radius 3 is 2.31 bits per heavy atom. The van der Waals surface area contributed by atoms with Crippen molar-refractivity contribution in [2.45, 2.75) is 4.90 Å². The minimum atomic E-state index is -3.88. The highest BCUT2D eigenvalue weighted by Gasteiger charge is 2.18. The predicted molar refractivity (Wildman–Crippen MR) is 57.5 cm³/mol. The SMILES string of the molecule is O=c1cccnn1S(=O)(=O)c1ccccc1. The van der Waals surface area contributed by atoms with Crippen LogP contribution in [0.5, 0.6) is 0 Å². The molecule has 2 aromatic rings. The Labute approximate surface area is 92.0 Å². The van der Waals surface area contributed by atoms with Gasteiger partial charge < -0.3 is 0 Å². The molecule has 5 nitrogen and oxygen atoms in total. The highest BCUT2D eigenvalue weighted by atomic mass is 32.2. The molecule has 2 rings (SSSR count). The summed E-state index contributed by atoms with van der Waals surface area (Å²) in [6.07, 6.45) is 1.25. The highest BCUT2D eigenvalue weighted by Crippen LogP contribution is 2.09. The number of rotatable bonds is 2. The molecule has 0 aliphatic rings. The molecule has 6 heteroatoms. The molecule has 0 spiro atoms. The first-order valence-corrected chi connectivity index (χ1v) is 5.91. The van der Waals surface area contributed by atoms with Gasteiger partial charge in [-0.2, -0.15) is 13.5 Å². The number of hydrogen-bond donors (Lipinski definition) is 0. The maximum absolute atomic E-state index is 12.0. The van der Waals surface area contributed by atoms with E-state index in [4.69, 9.17) is 0 Å². The predicted octanol–water partition coefficient (Wildman–Crippen LogP) is 0.480. The number of hydrogen-bond acceptors (Lipinski definition) is 4. The second-order valence-corrected chi connectivity index (χ2v) is 4.79. The molecule has 0 amide bonds. The molecule has 82 valence electrons. The van der Waals surface area contributed by atoms with Gasteiger partial charge in [-0.05, 0) is 18.2 Å². The molecular weight excluding hydrogens is 228 g/mol. The standard InChI is InChI=1S/C10H8N2O3S/c13-10-7-4-8-11-12(10)16(14,15)9-5-2-1-3-6-9/h1-8H. The van der Waals surface area contributed by atoms with E-state index in [2.05, 4.69) is 5.10 Å². The van der Waals surface area contributed by atoms with Crippen molar-refractivity contribution in [2.24, 2.45) is 0 Å². The zero-order chi connectivity index (χ0) is 11.6. The molecule has 0 N–H and O–H groups in total. The van der Waals surface area contributed by atoms with Gasteiger partial charge in [0.05, 0.1) is 4.90 Å². The van der Waals surface area contributed by atoms with E-state index in [-0.39, 0.29) is 4.90 Å². The van der Waals surface area contributed by atoms with Crippen LogP contribution >= 0.6 is 0 Å². The van der Waals surface area contributed by atoms with Gasteiger partial charge in [0.1, 0.15) is 0 Å². The van der Waals surface area contributed by atoms with Crippen molar-refractivity contribution >= 4 is 10.0 Å². The molecule has 0 aliphatic carbocycles. The summed E-state index contributed by atoms with van der Waals surface area (Å²) in [6, 6.07) is 10.2. The van der Waals surface area contributed by atoms with Crippen LogP contribution < -0.4 is 5.56 Å². The van der Waals surface area contributed by atoms with E-state index >= 15 is 0 Å². The summed E-state index contributed by atoms with van der Waals surface area (Å²) in [7, 11) is -3.88. The Kier molecular flexibility index (Phi) is 2.57. The second-order valence-electron chi connectivity index (χ2n) is 3.02. The van der Waals surface area contributed by atoms with Crippen LogP contribution in [0.1, 0.15) is 0 Å². The van der Waals surface area contributed by atoms with Crippen molar-refractivity contribution in [1.82, 2.24) is 9.19 Å².